The van der Waals surface area contributed by atoms with Crippen molar-refractivity contribution < 1.29 is 18.4 Å². The summed E-state index contributed by atoms with van der Waals surface area (Å²) in [5.41, 5.74) is 2.42. The van der Waals surface area contributed by atoms with E-state index in [-0.39, 0.29) is 46.5 Å². The highest BCUT2D eigenvalue weighted by atomic mass is 16.5. The van der Waals surface area contributed by atoms with E-state index in [9.17, 15) is 0 Å². The van der Waals surface area contributed by atoms with Crippen molar-refractivity contribution in [2.75, 3.05) is 7.11 Å². The van der Waals surface area contributed by atoms with Gasteiger partial charge in [0.1, 0.15) is 5.75 Å². The average molecular weight is 403 g/mol. The van der Waals surface area contributed by atoms with Gasteiger partial charge in [-0.1, -0.05) is 112 Å². The largest absolute Gasteiger partial charge is 0.495 e. The molecule has 0 aliphatic carbocycles. The maximum atomic E-state index is 8.51. The van der Waals surface area contributed by atoms with Gasteiger partial charge in [-0.15, -0.1) is 0 Å². The molecule has 0 saturated carbocycles. The molecule has 0 saturated heterocycles. The molecule has 0 amide bonds. The predicted octanol–water partition coefficient (Wildman–Crippen LogP) is 7.99. The molecule has 4 rings (SSSR count). The normalized spacial score (nSPS) is 16.0. The third-order valence-electron chi connectivity index (χ3n) is 4.89. The Hall–Kier alpha value is -3.32. The molecule has 0 aromatic heterocycles. The fraction of sp³-hybridized carbons (Fsp3) is 0.172. The van der Waals surface area contributed by atoms with Gasteiger partial charge in [0.15, 0.2) is 0 Å². The Morgan fingerprint density at radius 1 is 0.667 bits per heavy atom. The van der Waals surface area contributed by atoms with Crippen LogP contribution in [-0.4, -0.2) is 7.11 Å². The van der Waals surface area contributed by atoms with E-state index in [0.717, 1.165) is 5.56 Å². The first kappa shape index (κ1) is 11.2. The first-order valence-corrected chi connectivity index (χ1v) is 9.59. The quantitative estimate of drug-likeness (QED) is 0.336. The van der Waals surface area contributed by atoms with Crippen LogP contribution in [0.15, 0.2) is 96.8 Å². The predicted molar refractivity (Wildman–Crippen MR) is 128 cm³/mol. The minimum Gasteiger partial charge on any atom is -0.495 e. The lowest BCUT2D eigenvalue weighted by Gasteiger charge is -2.22. The lowest BCUT2D eigenvalue weighted by atomic mass is 9.83. The lowest BCUT2D eigenvalue weighted by molar-refractivity contribution is 0.418. The van der Waals surface area contributed by atoms with E-state index in [1.165, 1.54) is 7.11 Å². The van der Waals surface area contributed by atoms with Gasteiger partial charge in [-0.25, -0.2) is 0 Å². The molecule has 0 N–H and O–H groups in total. The molecule has 0 unspecified atom stereocenters. The summed E-state index contributed by atoms with van der Waals surface area (Å²) in [4.78, 5) is 0. The summed E-state index contributed by atoms with van der Waals surface area (Å²) in [5, 5.41) is 0. The summed E-state index contributed by atoms with van der Waals surface area (Å²) < 4.78 is 88.2. The standard InChI is InChI=1S/C29H28O/c1-29(2,3)25-19-23(21-12-7-5-8-13-21)18-24(20-25)27-17-11-16-26(28(27)30-4)22-14-9-6-10-15-22/h5-20H,1-4H3/i5D,6D,7D,8D,9D,10D,12D,13D,14D,15D. The summed E-state index contributed by atoms with van der Waals surface area (Å²) in [6, 6.07) is 6.45. The van der Waals surface area contributed by atoms with E-state index in [2.05, 4.69) is 0 Å². The van der Waals surface area contributed by atoms with Gasteiger partial charge >= 0.3 is 0 Å². The average Bonchev–Trinajstić information content (AvgIpc) is 2.92. The van der Waals surface area contributed by atoms with Crippen molar-refractivity contribution in [1.29, 1.82) is 0 Å². The van der Waals surface area contributed by atoms with Crippen LogP contribution >= 0.6 is 0 Å². The third kappa shape index (κ3) is 4.02. The zero-order valence-electron chi connectivity index (χ0n) is 27.4. The fourth-order valence-corrected chi connectivity index (χ4v) is 3.32. The van der Waals surface area contributed by atoms with Crippen molar-refractivity contribution in [1.82, 2.24) is 0 Å². The van der Waals surface area contributed by atoms with Crippen molar-refractivity contribution in [2.45, 2.75) is 26.2 Å². The first-order chi connectivity index (χ1) is 18.6. The maximum absolute atomic E-state index is 8.51. The number of hydrogen-bond acceptors (Lipinski definition) is 1. The Kier molecular flexibility index (Phi) is 3.05. The molecule has 30 heavy (non-hydrogen) atoms. The van der Waals surface area contributed by atoms with Gasteiger partial charge in [0.05, 0.1) is 20.8 Å². The molecule has 1 nitrogen and oxygen atoms in total. The molecule has 1 heteroatoms. The van der Waals surface area contributed by atoms with Crippen LogP contribution in [0.3, 0.4) is 0 Å². The van der Waals surface area contributed by atoms with Gasteiger partial charge in [0, 0.05) is 11.1 Å². The van der Waals surface area contributed by atoms with Crippen LogP contribution in [0.5, 0.6) is 5.75 Å². The molecule has 0 fully saturated rings. The second kappa shape index (κ2) is 8.20. The van der Waals surface area contributed by atoms with Gasteiger partial charge < -0.3 is 4.74 Å². The van der Waals surface area contributed by atoms with Crippen LogP contribution in [-0.2, 0) is 5.41 Å². The van der Waals surface area contributed by atoms with E-state index < -0.39 is 36.3 Å². The Morgan fingerprint density at radius 2 is 1.20 bits per heavy atom. The summed E-state index contributed by atoms with van der Waals surface area (Å²) in [6.45, 7) is 5.99. The number of hydrogen-bond donors (Lipinski definition) is 0. The van der Waals surface area contributed by atoms with E-state index in [0.29, 0.717) is 22.3 Å². The van der Waals surface area contributed by atoms with Crippen LogP contribution in [0.25, 0.3) is 33.4 Å². The van der Waals surface area contributed by atoms with Gasteiger partial charge in [-0.05, 0) is 39.3 Å². The van der Waals surface area contributed by atoms with Gasteiger partial charge in [-0.2, -0.15) is 0 Å². The van der Waals surface area contributed by atoms with E-state index in [1.807, 2.05) is 32.9 Å². The molecular weight excluding hydrogens is 364 g/mol. The topological polar surface area (TPSA) is 9.23 Å². The number of rotatable bonds is 4. The molecule has 0 aliphatic rings. The van der Waals surface area contributed by atoms with Crippen LogP contribution < -0.4 is 4.74 Å². The minimum atomic E-state index is -0.491. The Morgan fingerprint density at radius 3 is 1.77 bits per heavy atom. The maximum Gasteiger partial charge on any atom is 0.134 e. The van der Waals surface area contributed by atoms with Crippen molar-refractivity contribution in [3.63, 3.8) is 0 Å². The minimum absolute atomic E-state index is 0.00233. The highest BCUT2D eigenvalue weighted by molar-refractivity contribution is 5.84. The first-order valence-electron chi connectivity index (χ1n) is 14.6. The molecule has 4 aromatic carbocycles. The molecular formula is C29H28O. The molecule has 4 aromatic rings. The Labute approximate surface area is 194 Å². The van der Waals surface area contributed by atoms with Crippen LogP contribution in [0.4, 0.5) is 0 Å². The van der Waals surface area contributed by atoms with Gasteiger partial charge in [0.2, 0.25) is 0 Å². The summed E-state index contributed by atoms with van der Waals surface area (Å²) in [5.74, 6) is 0.277. The summed E-state index contributed by atoms with van der Waals surface area (Å²) in [7, 11) is 1.43. The second-order valence-electron chi connectivity index (χ2n) is 7.94. The highest BCUT2D eigenvalue weighted by Crippen LogP contribution is 2.41. The Balaban J connectivity index is 2.09. The van der Waals surface area contributed by atoms with Gasteiger partial charge in [-0.3, -0.25) is 0 Å². The molecule has 0 aliphatic heterocycles. The SMILES string of the molecule is [2H]c1c([2H])c([2H])c(-c2cc(-c3cccc(-c4c([2H])c([2H])c([2H])c([2H])c4[2H])c3OC)cc(C(C)(C)C)c2)c([2H])c1[2H]. The van der Waals surface area contributed by atoms with Crippen LogP contribution in [0.2, 0.25) is 0 Å². The molecule has 150 valence electrons. The van der Waals surface area contributed by atoms with E-state index >= 15 is 0 Å². The summed E-state index contributed by atoms with van der Waals surface area (Å²) in [6.07, 6.45) is 0. The monoisotopic (exact) mass is 402 g/mol. The molecule has 0 spiro atoms. The summed E-state index contributed by atoms with van der Waals surface area (Å²) >= 11 is 0. The van der Waals surface area contributed by atoms with E-state index in [4.69, 9.17) is 18.4 Å². The van der Waals surface area contributed by atoms with Gasteiger partial charge in [0.25, 0.3) is 0 Å². The number of methoxy groups -OCH3 is 1. The molecule has 0 heterocycles. The van der Waals surface area contributed by atoms with E-state index in [1.54, 1.807) is 24.3 Å². The Bertz CT molecular complexity index is 1610. The third-order valence-corrected chi connectivity index (χ3v) is 4.89. The van der Waals surface area contributed by atoms with Crippen molar-refractivity contribution >= 4 is 0 Å². The lowest BCUT2D eigenvalue weighted by Crippen LogP contribution is -2.11. The van der Waals surface area contributed by atoms with Crippen LogP contribution in [0, 0.1) is 0 Å². The molecule has 0 radical (unpaired) electrons. The second-order valence-corrected chi connectivity index (χ2v) is 7.94. The molecule has 0 bridgehead atoms. The number of ether oxygens (including phenoxy) is 1. The number of benzene rings is 4. The highest BCUT2D eigenvalue weighted by Gasteiger charge is 2.19. The van der Waals surface area contributed by atoms with Crippen molar-refractivity contribution in [2.24, 2.45) is 0 Å². The zero-order chi connectivity index (χ0) is 29.8. The zero-order valence-corrected chi connectivity index (χ0v) is 17.4. The number of para-hydroxylation sites is 1. The fourth-order valence-electron chi connectivity index (χ4n) is 3.32. The smallest absolute Gasteiger partial charge is 0.134 e. The van der Waals surface area contributed by atoms with Crippen LogP contribution in [0.1, 0.15) is 40.0 Å². The van der Waals surface area contributed by atoms with Crippen molar-refractivity contribution in [3.8, 4) is 39.1 Å². The van der Waals surface area contributed by atoms with Crippen molar-refractivity contribution in [3.05, 3.63) is 102 Å². The molecule has 0 atom stereocenters.